The third kappa shape index (κ3) is 46.1. The topological polar surface area (TPSA) is 95.9 Å². The highest BCUT2D eigenvalue weighted by Crippen LogP contribution is 2.17. The molecule has 0 aromatic heterocycles. The number of hydrogen-bond donors (Lipinski definition) is 3. The van der Waals surface area contributed by atoms with Crippen molar-refractivity contribution in [1.29, 1.82) is 0 Å². The Kier molecular flexibility index (Phi) is 49.1. The first-order valence-electron chi connectivity index (χ1n) is 27.0. The lowest BCUT2D eigenvalue weighted by molar-refractivity contribution is -0.143. The summed E-state index contributed by atoms with van der Waals surface area (Å²) in [4.78, 5) is 24.5. The van der Waals surface area contributed by atoms with E-state index in [1.54, 1.807) is 6.08 Å². The Hall–Kier alpha value is -1.40. The van der Waals surface area contributed by atoms with Gasteiger partial charge >= 0.3 is 5.97 Å². The molecule has 0 aromatic carbocycles. The Bertz CT molecular complexity index is 893. The maximum absolute atomic E-state index is 12.5. The van der Waals surface area contributed by atoms with Crippen molar-refractivity contribution in [2.24, 2.45) is 0 Å². The number of allylic oxidation sites excluding steroid dienone is 1. The summed E-state index contributed by atoms with van der Waals surface area (Å²) < 4.78 is 5.45. The van der Waals surface area contributed by atoms with Crippen LogP contribution >= 0.6 is 0 Å². The second kappa shape index (κ2) is 50.2. The van der Waals surface area contributed by atoms with Crippen molar-refractivity contribution >= 4 is 11.9 Å². The van der Waals surface area contributed by atoms with Crippen LogP contribution in [0.3, 0.4) is 0 Å². The van der Waals surface area contributed by atoms with E-state index in [1.165, 1.54) is 212 Å². The van der Waals surface area contributed by atoms with Crippen LogP contribution in [-0.2, 0) is 14.3 Å². The molecular weight excluding hydrogens is 743 g/mol. The number of hydrogen-bond acceptors (Lipinski definition) is 5. The van der Waals surface area contributed by atoms with Crippen molar-refractivity contribution in [2.45, 2.75) is 309 Å². The van der Waals surface area contributed by atoms with Crippen molar-refractivity contribution < 1.29 is 24.5 Å². The van der Waals surface area contributed by atoms with Gasteiger partial charge in [0.1, 0.15) is 0 Å². The highest BCUT2D eigenvalue weighted by atomic mass is 16.5. The standard InChI is InChI=1S/C54H105NO5/c1-3-5-7-9-11-13-15-17-18-19-20-21-22-23-24-26-30-34-38-42-46-52(57)51(50-56)55-53(58)47-43-39-35-31-27-25-29-33-37-41-45-49-60-54(59)48-44-40-36-32-28-16-14-12-10-8-6-4-2/h42,46,51-52,56-57H,3-41,43-45,47-50H2,1-2H3,(H,55,58)/b46-42+. The summed E-state index contributed by atoms with van der Waals surface area (Å²) in [7, 11) is 0. The van der Waals surface area contributed by atoms with Crippen LogP contribution < -0.4 is 5.32 Å². The maximum atomic E-state index is 12.5. The van der Waals surface area contributed by atoms with E-state index in [0.717, 1.165) is 57.8 Å². The van der Waals surface area contributed by atoms with Crippen molar-refractivity contribution in [2.75, 3.05) is 13.2 Å². The van der Waals surface area contributed by atoms with E-state index in [0.29, 0.717) is 19.4 Å². The van der Waals surface area contributed by atoms with Crippen molar-refractivity contribution in [3.05, 3.63) is 12.2 Å². The van der Waals surface area contributed by atoms with Crippen molar-refractivity contribution in [3.8, 4) is 0 Å². The number of aliphatic hydroxyl groups excluding tert-OH is 2. The zero-order chi connectivity index (χ0) is 43.7. The van der Waals surface area contributed by atoms with E-state index in [4.69, 9.17) is 4.74 Å². The summed E-state index contributed by atoms with van der Waals surface area (Å²) >= 11 is 0. The average Bonchev–Trinajstić information content (AvgIpc) is 3.25. The van der Waals surface area contributed by atoms with Gasteiger partial charge in [-0.3, -0.25) is 9.59 Å². The molecule has 0 fully saturated rings. The third-order valence-electron chi connectivity index (χ3n) is 12.6. The lowest BCUT2D eigenvalue weighted by Crippen LogP contribution is -2.45. The highest BCUT2D eigenvalue weighted by molar-refractivity contribution is 5.76. The molecule has 1 amide bonds. The Balaban J connectivity index is 3.50. The molecule has 6 heteroatoms. The molecule has 2 unspecified atom stereocenters. The van der Waals surface area contributed by atoms with Crippen LogP contribution in [0.1, 0.15) is 296 Å². The van der Waals surface area contributed by atoms with Crippen molar-refractivity contribution in [3.63, 3.8) is 0 Å². The largest absolute Gasteiger partial charge is 0.466 e. The zero-order valence-corrected chi connectivity index (χ0v) is 40.5. The quantitative estimate of drug-likeness (QED) is 0.0322. The molecule has 6 nitrogen and oxygen atoms in total. The van der Waals surface area contributed by atoms with E-state index in [1.807, 2.05) is 6.08 Å². The van der Waals surface area contributed by atoms with Gasteiger partial charge in [0.25, 0.3) is 0 Å². The monoisotopic (exact) mass is 848 g/mol. The van der Waals surface area contributed by atoms with Crippen LogP contribution in [-0.4, -0.2) is 47.4 Å². The fourth-order valence-electron chi connectivity index (χ4n) is 8.40. The van der Waals surface area contributed by atoms with E-state index < -0.39 is 12.1 Å². The Labute approximate surface area is 374 Å². The van der Waals surface area contributed by atoms with Crippen LogP contribution in [0.5, 0.6) is 0 Å². The van der Waals surface area contributed by atoms with Crippen LogP contribution in [0.15, 0.2) is 12.2 Å². The molecule has 2 atom stereocenters. The molecule has 0 saturated carbocycles. The van der Waals surface area contributed by atoms with Crippen LogP contribution in [0.2, 0.25) is 0 Å². The SMILES string of the molecule is CCCCCCCCCCCCCCCCCCCC/C=C/C(O)C(CO)NC(=O)CCCCCCCCCCCCCOC(=O)CCCCCCCCCCCCCC. The van der Waals surface area contributed by atoms with Gasteiger partial charge in [-0.1, -0.05) is 264 Å². The van der Waals surface area contributed by atoms with Gasteiger partial charge in [-0.25, -0.2) is 0 Å². The van der Waals surface area contributed by atoms with Crippen LogP contribution in [0.4, 0.5) is 0 Å². The predicted octanol–water partition coefficient (Wildman–Crippen LogP) is 16.1. The normalized spacial score (nSPS) is 12.7. The molecule has 356 valence electrons. The lowest BCUT2D eigenvalue weighted by atomic mass is 10.0. The summed E-state index contributed by atoms with van der Waals surface area (Å²) in [5.74, 6) is -0.0981. The number of unbranched alkanes of at least 4 members (excludes halogenated alkanes) is 39. The number of carbonyl (C=O) groups excluding carboxylic acids is 2. The molecule has 0 aliphatic heterocycles. The molecule has 0 aliphatic rings. The summed E-state index contributed by atoms with van der Waals surface area (Å²) in [5, 5.41) is 23.1. The molecule has 0 rings (SSSR count). The van der Waals surface area contributed by atoms with Gasteiger partial charge in [0.05, 0.1) is 25.4 Å². The van der Waals surface area contributed by atoms with Gasteiger partial charge in [0.15, 0.2) is 0 Å². The number of ether oxygens (including phenoxy) is 1. The van der Waals surface area contributed by atoms with E-state index in [2.05, 4.69) is 19.2 Å². The minimum Gasteiger partial charge on any atom is -0.466 e. The fraction of sp³-hybridized carbons (Fsp3) is 0.926. The number of nitrogens with one attached hydrogen (secondary N) is 1. The Morgan fingerprint density at radius 2 is 0.767 bits per heavy atom. The number of amides is 1. The van der Waals surface area contributed by atoms with Gasteiger partial charge in [-0.05, 0) is 32.1 Å². The fourth-order valence-corrected chi connectivity index (χ4v) is 8.40. The molecule has 0 bridgehead atoms. The lowest BCUT2D eigenvalue weighted by Gasteiger charge is -2.20. The number of esters is 1. The third-order valence-corrected chi connectivity index (χ3v) is 12.6. The van der Waals surface area contributed by atoms with E-state index in [-0.39, 0.29) is 18.5 Å². The van der Waals surface area contributed by atoms with Crippen molar-refractivity contribution in [1.82, 2.24) is 5.32 Å². The molecule has 0 radical (unpaired) electrons. The average molecular weight is 848 g/mol. The predicted molar refractivity (Wildman–Crippen MR) is 260 cm³/mol. The zero-order valence-electron chi connectivity index (χ0n) is 40.5. The Morgan fingerprint density at radius 3 is 1.13 bits per heavy atom. The second-order valence-corrected chi connectivity index (χ2v) is 18.6. The summed E-state index contributed by atoms with van der Waals surface area (Å²) in [6.07, 6.45) is 57.8. The summed E-state index contributed by atoms with van der Waals surface area (Å²) in [6, 6.07) is -0.641. The molecule has 0 aromatic rings. The molecule has 0 aliphatic carbocycles. The maximum Gasteiger partial charge on any atom is 0.305 e. The van der Waals surface area contributed by atoms with Gasteiger partial charge in [0.2, 0.25) is 5.91 Å². The van der Waals surface area contributed by atoms with E-state index >= 15 is 0 Å². The molecule has 3 N–H and O–H groups in total. The summed E-state index contributed by atoms with van der Waals surface area (Å²) in [5.41, 5.74) is 0. The summed E-state index contributed by atoms with van der Waals surface area (Å²) in [6.45, 7) is 4.87. The Morgan fingerprint density at radius 1 is 0.450 bits per heavy atom. The first-order chi connectivity index (χ1) is 29.5. The number of rotatable bonds is 50. The molecule has 0 spiro atoms. The minimum absolute atomic E-state index is 0.0142. The van der Waals surface area contributed by atoms with Gasteiger partial charge in [0, 0.05) is 12.8 Å². The smallest absolute Gasteiger partial charge is 0.305 e. The molecular formula is C54H105NO5. The molecule has 0 saturated heterocycles. The second-order valence-electron chi connectivity index (χ2n) is 18.6. The van der Waals surface area contributed by atoms with Crippen LogP contribution in [0.25, 0.3) is 0 Å². The molecule has 60 heavy (non-hydrogen) atoms. The van der Waals surface area contributed by atoms with Crippen LogP contribution in [0, 0.1) is 0 Å². The number of carbonyl (C=O) groups is 2. The first kappa shape index (κ1) is 58.6. The highest BCUT2D eigenvalue weighted by Gasteiger charge is 2.18. The van der Waals surface area contributed by atoms with Gasteiger partial charge < -0.3 is 20.3 Å². The van der Waals surface area contributed by atoms with Gasteiger partial charge in [-0.2, -0.15) is 0 Å². The van der Waals surface area contributed by atoms with E-state index in [9.17, 15) is 19.8 Å². The molecule has 0 heterocycles. The van der Waals surface area contributed by atoms with Gasteiger partial charge in [-0.15, -0.1) is 0 Å². The first-order valence-corrected chi connectivity index (χ1v) is 27.0. The minimum atomic E-state index is -0.856. The number of aliphatic hydroxyl groups is 2.